The van der Waals surface area contributed by atoms with E-state index in [9.17, 15) is 8.42 Å². The van der Waals surface area contributed by atoms with Crippen LogP contribution in [0.1, 0.15) is 19.4 Å². The highest BCUT2D eigenvalue weighted by atomic mass is 32.2. The largest absolute Gasteiger partial charge is 0.488 e. The van der Waals surface area contributed by atoms with Crippen molar-refractivity contribution in [2.45, 2.75) is 31.3 Å². The summed E-state index contributed by atoms with van der Waals surface area (Å²) in [7, 11) is -1.58. The molecule has 0 radical (unpaired) electrons. The summed E-state index contributed by atoms with van der Waals surface area (Å²) in [6.45, 7) is 4.49. The van der Waals surface area contributed by atoms with Gasteiger partial charge in [-0.1, -0.05) is 6.92 Å². The van der Waals surface area contributed by atoms with Gasteiger partial charge < -0.3 is 14.2 Å². The zero-order valence-electron chi connectivity index (χ0n) is 15.0. The van der Waals surface area contributed by atoms with Gasteiger partial charge in [0.1, 0.15) is 23.4 Å². The molecule has 136 valence electrons. The van der Waals surface area contributed by atoms with Crippen LogP contribution in [0.25, 0.3) is 0 Å². The third kappa shape index (κ3) is 5.76. The maximum absolute atomic E-state index is 11.5. The Kier molecular flexibility index (Phi) is 6.45. The number of rotatable bonds is 8. The van der Waals surface area contributed by atoms with Gasteiger partial charge in [-0.25, -0.2) is 8.42 Å². The minimum absolute atomic E-state index is 0.0704. The first-order chi connectivity index (χ1) is 11.8. The first kappa shape index (κ1) is 19.3. The molecule has 0 fully saturated rings. The number of sulfone groups is 1. The minimum Gasteiger partial charge on any atom is -0.488 e. The van der Waals surface area contributed by atoms with Gasteiger partial charge in [0.25, 0.3) is 0 Å². The van der Waals surface area contributed by atoms with E-state index in [1.807, 2.05) is 25.1 Å². The summed E-state index contributed by atoms with van der Waals surface area (Å²) in [6.07, 6.45) is 1.96. The molecule has 2 aromatic rings. The Balaban J connectivity index is 2.20. The lowest BCUT2D eigenvalue weighted by atomic mass is 10.1. The monoisotopic (exact) mass is 364 g/mol. The topological polar surface area (TPSA) is 61.8 Å². The van der Waals surface area contributed by atoms with E-state index < -0.39 is 9.84 Å². The summed E-state index contributed by atoms with van der Waals surface area (Å²) in [4.78, 5) is 0.263. The van der Waals surface area contributed by atoms with Crippen molar-refractivity contribution in [3.05, 3.63) is 48.0 Å². The summed E-state index contributed by atoms with van der Waals surface area (Å²) in [6, 6.07) is 12.1. The number of ether oxygens (including phenoxy) is 3. The summed E-state index contributed by atoms with van der Waals surface area (Å²) in [5.41, 5.74) is 1.09. The van der Waals surface area contributed by atoms with Gasteiger partial charge in [-0.3, -0.25) is 0 Å². The molecule has 0 heterocycles. The molecule has 5 nitrogen and oxygen atoms in total. The van der Waals surface area contributed by atoms with Crippen LogP contribution in [-0.4, -0.2) is 34.5 Å². The number of methoxy groups -OCH3 is 1. The molecule has 0 bridgehead atoms. The lowest BCUT2D eigenvalue weighted by molar-refractivity contribution is 0.0919. The zero-order chi connectivity index (χ0) is 18.4. The maximum Gasteiger partial charge on any atom is 0.175 e. The van der Waals surface area contributed by atoms with E-state index in [2.05, 4.69) is 6.92 Å². The van der Waals surface area contributed by atoms with Gasteiger partial charge in [0.2, 0.25) is 0 Å². The van der Waals surface area contributed by atoms with Crippen molar-refractivity contribution >= 4 is 9.84 Å². The van der Waals surface area contributed by atoms with Crippen molar-refractivity contribution in [3.8, 4) is 17.2 Å². The highest BCUT2D eigenvalue weighted by Crippen LogP contribution is 2.29. The second-order valence-corrected chi connectivity index (χ2v) is 7.91. The highest BCUT2D eigenvalue weighted by Gasteiger charge is 2.09. The Morgan fingerprint density at radius 2 is 1.64 bits per heavy atom. The van der Waals surface area contributed by atoms with Gasteiger partial charge in [-0.05, 0) is 55.3 Å². The first-order valence-corrected chi connectivity index (χ1v) is 9.98. The third-order valence-corrected chi connectivity index (χ3v) is 4.70. The molecule has 0 amide bonds. The second kappa shape index (κ2) is 8.36. The Morgan fingerprint density at radius 3 is 2.20 bits per heavy atom. The minimum atomic E-state index is -3.22. The predicted octanol–water partition coefficient (Wildman–Crippen LogP) is 3.86. The molecule has 25 heavy (non-hydrogen) atoms. The maximum atomic E-state index is 11.5. The van der Waals surface area contributed by atoms with Crippen LogP contribution in [0.15, 0.2) is 47.4 Å². The van der Waals surface area contributed by atoms with E-state index in [0.717, 1.165) is 12.0 Å². The lowest BCUT2D eigenvalue weighted by Gasteiger charge is -2.16. The van der Waals surface area contributed by atoms with E-state index in [1.165, 1.54) is 18.4 Å². The van der Waals surface area contributed by atoms with Crippen molar-refractivity contribution in [2.75, 3.05) is 20.0 Å². The van der Waals surface area contributed by atoms with Crippen LogP contribution in [-0.2, 0) is 21.0 Å². The Labute approximate surface area is 149 Å². The van der Waals surface area contributed by atoms with Crippen LogP contribution in [0.2, 0.25) is 0 Å². The molecule has 0 spiro atoms. The van der Waals surface area contributed by atoms with Gasteiger partial charge in [0.15, 0.2) is 9.84 Å². The molecule has 0 N–H and O–H groups in total. The lowest BCUT2D eigenvalue weighted by Crippen LogP contribution is -2.18. The fraction of sp³-hybridized carbons (Fsp3) is 0.368. The molecule has 0 saturated carbocycles. The van der Waals surface area contributed by atoms with Gasteiger partial charge >= 0.3 is 0 Å². The van der Waals surface area contributed by atoms with Crippen LogP contribution in [0.4, 0.5) is 0 Å². The summed E-state index contributed by atoms with van der Waals surface area (Å²) < 4.78 is 39.8. The summed E-state index contributed by atoms with van der Waals surface area (Å²) in [5.74, 6) is 1.93. The normalized spacial score (nSPS) is 12.6. The standard InChI is InChI=1S/C19H24O5S/c1-5-15-10-17(23-14(2)13-22-3)12-18(11-15)24-16-6-8-19(9-7-16)25(4,20)21/h6-12,14H,5,13H2,1-4H3/t14-/m0/s1. The fourth-order valence-electron chi connectivity index (χ4n) is 2.35. The van der Waals surface area contributed by atoms with Gasteiger partial charge in [-0.2, -0.15) is 0 Å². The van der Waals surface area contributed by atoms with Crippen molar-refractivity contribution in [2.24, 2.45) is 0 Å². The van der Waals surface area contributed by atoms with Crippen LogP contribution in [0, 0.1) is 0 Å². The number of aryl methyl sites for hydroxylation is 1. The molecule has 0 aliphatic heterocycles. The van der Waals surface area contributed by atoms with Crippen LogP contribution in [0.3, 0.4) is 0 Å². The number of benzene rings is 2. The second-order valence-electron chi connectivity index (χ2n) is 5.90. The average molecular weight is 364 g/mol. The van der Waals surface area contributed by atoms with Gasteiger partial charge in [-0.15, -0.1) is 0 Å². The molecule has 1 atom stereocenters. The molecule has 2 rings (SSSR count). The SMILES string of the molecule is CCc1cc(Oc2ccc(S(C)(=O)=O)cc2)cc(O[C@@H](C)COC)c1. The third-order valence-electron chi connectivity index (χ3n) is 3.57. The Hall–Kier alpha value is -2.05. The number of hydrogen-bond acceptors (Lipinski definition) is 5. The molecule has 0 saturated heterocycles. The molecule has 0 aromatic heterocycles. The quantitative estimate of drug-likeness (QED) is 0.712. The van der Waals surface area contributed by atoms with Crippen LogP contribution >= 0.6 is 0 Å². The van der Waals surface area contributed by atoms with Gasteiger partial charge in [0.05, 0.1) is 11.5 Å². The molecule has 0 unspecified atom stereocenters. The fourth-order valence-corrected chi connectivity index (χ4v) is 2.98. The molecule has 6 heteroatoms. The molecular weight excluding hydrogens is 340 g/mol. The van der Waals surface area contributed by atoms with Crippen molar-refractivity contribution in [3.63, 3.8) is 0 Å². The van der Waals surface area contributed by atoms with Crippen molar-refractivity contribution in [1.82, 2.24) is 0 Å². The highest BCUT2D eigenvalue weighted by molar-refractivity contribution is 7.90. The zero-order valence-corrected chi connectivity index (χ0v) is 15.8. The van der Waals surface area contributed by atoms with E-state index >= 15 is 0 Å². The van der Waals surface area contributed by atoms with E-state index in [1.54, 1.807) is 19.2 Å². The first-order valence-electron chi connectivity index (χ1n) is 8.09. The van der Waals surface area contributed by atoms with Crippen LogP contribution < -0.4 is 9.47 Å². The van der Waals surface area contributed by atoms with E-state index in [0.29, 0.717) is 23.9 Å². The Bertz CT molecular complexity index is 797. The summed E-state index contributed by atoms with van der Waals surface area (Å²) in [5, 5.41) is 0. The van der Waals surface area contributed by atoms with Gasteiger partial charge in [0, 0.05) is 19.4 Å². The summed E-state index contributed by atoms with van der Waals surface area (Å²) >= 11 is 0. The van der Waals surface area contributed by atoms with E-state index in [-0.39, 0.29) is 11.0 Å². The molecule has 2 aromatic carbocycles. The van der Waals surface area contributed by atoms with Crippen molar-refractivity contribution in [1.29, 1.82) is 0 Å². The van der Waals surface area contributed by atoms with Crippen molar-refractivity contribution < 1.29 is 22.6 Å². The smallest absolute Gasteiger partial charge is 0.175 e. The van der Waals surface area contributed by atoms with E-state index in [4.69, 9.17) is 14.2 Å². The molecule has 0 aliphatic carbocycles. The van der Waals surface area contributed by atoms with Crippen LogP contribution in [0.5, 0.6) is 17.2 Å². The average Bonchev–Trinajstić information content (AvgIpc) is 2.54. The Morgan fingerprint density at radius 1 is 1.00 bits per heavy atom. The number of hydrogen-bond donors (Lipinski definition) is 0. The predicted molar refractivity (Wildman–Crippen MR) is 97.4 cm³/mol. The molecular formula is C19H24O5S. The molecule has 0 aliphatic rings.